The molecule has 0 spiro atoms. The van der Waals surface area contributed by atoms with E-state index in [1.54, 1.807) is 0 Å². The Morgan fingerprint density at radius 1 is 1.17 bits per heavy atom. The normalized spacial score (nSPS) is 32.0. The Kier molecular flexibility index (Phi) is 3.27. The van der Waals surface area contributed by atoms with Crippen LogP contribution in [-0.2, 0) is 0 Å². The summed E-state index contributed by atoms with van der Waals surface area (Å²) in [6, 6.07) is 0. The van der Waals surface area contributed by atoms with E-state index in [1.807, 2.05) is 0 Å². The monoisotopic (exact) mass is 200 g/mol. The Labute approximate surface area is 75.1 Å². The van der Waals surface area contributed by atoms with Crippen molar-refractivity contribution < 1.29 is 13.2 Å². The van der Waals surface area contributed by atoms with Crippen LogP contribution in [0.25, 0.3) is 0 Å². The van der Waals surface area contributed by atoms with E-state index in [0.717, 1.165) is 6.42 Å². The van der Waals surface area contributed by atoms with E-state index in [-0.39, 0.29) is 18.2 Å². The van der Waals surface area contributed by atoms with Crippen molar-refractivity contribution in [3.8, 4) is 0 Å². The summed E-state index contributed by atoms with van der Waals surface area (Å²) in [5.41, 5.74) is 0. The maximum Gasteiger partial charge on any atom is 0.392 e. The fourth-order valence-electron chi connectivity index (χ4n) is 1.82. The fourth-order valence-corrected chi connectivity index (χ4v) is 2.19. The number of halogens is 4. The highest BCUT2D eigenvalue weighted by atomic mass is 35.5. The number of hydrogen-bond donors (Lipinski definition) is 0. The lowest BCUT2D eigenvalue weighted by atomic mass is 9.80. The molecule has 0 saturated heterocycles. The largest absolute Gasteiger partial charge is 0.392 e. The second kappa shape index (κ2) is 3.86. The van der Waals surface area contributed by atoms with Crippen molar-refractivity contribution in [3.63, 3.8) is 0 Å². The van der Waals surface area contributed by atoms with Crippen molar-refractivity contribution in [2.24, 2.45) is 11.8 Å². The highest BCUT2D eigenvalue weighted by Gasteiger charge is 2.44. The van der Waals surface area contributed by atoms with Crippen LogP contribution in [-0.4, -0.2) is 12.1 Å². The lowest BCUT2D eigenvalue weighted by Crippen LogP contribution is -2.33. The molecule has 2 unspecified atom stereocenters. The van der Waals surface area contributed by atoms with Crippen LogP contribution >= 0.6 is 11.6 Å². The van der Waals surface area contributed by atoms with Gasteiger partial charge in [-0.3, -0.25) is 0 Å². The molecular formula is C8H12ClF3. The topological polar surface area (TPSA) is 0 Å². The van der Waals surface area contributed by atoms with Gasteiger partial charge in [-0.25, -0.2) is 0 Å². The third-order valence-corrected chi connectivity index (χ3v) is 2.92. The molecule has 4 heteroatoms. The molecule has 1 saturated carbocycles. The van der Waals surface area contributed by atoms with Gasteiger partial charge >= 0.3 is 6.18 Å². The minimum Gasteiger partial charge on any atom is -0.171 e. The molecule has 0 radical (unpaired) electrons. The van der Waals surface area contributed by atoms with Crippen molar-refractivity contribution in [2.45, 2.75) is 31.9 Å². The molecule has 1 aliphatic rings. The predicted molar refractivity (Wildman–Crippen MR) is 42.2 cm³/mol. The lowest BCUT2D eigenvalue weighted by Gasteiger charge is -2.31. The first kappa shape index (κ1) is 10.2. The Hall–Kier alpha value is 0.0800. The van der Waals surface area contributed by atoms with Gasteiger partial charge in [-0.2, -0.15) is 13.2 Å². The van der Waals surface area contributed by atoms with Crippen LogP contribution in [0, 0.1) is 11.8 Å². The Morgan fingerprint density at radius 3 is 2.17 bits per heavy atom. The number of rotatable bonds is 1. The van der Waals surface area contributed by atoms with E-state index < -0.39 is 12.1 Å². The van der Waals surface area contributed by atoms with Gasteiger partial charge in [0.15, 0.2) is 0 Å². The van der Waals surface area contributed by atoms with Gasteiger partial charge in [0.1, 0.15) is 0 Å². The SMILES string of the molecule is FC(F)(F)C1CCCCC1CCl. The summed E-state index contributed by atoms with van der Waals surface area (Å²) >= 11 is 5.48. The predicted octanol–water partition coefficient (Wildman–Crippen LogP) is 3.59. The van der Waals surface area contributed by atoms with Crippen LogP contribution in [0.15, 0.2) is 0 Å². The first-order valence-electron chi connectivity index (χ1n) is 4.18. The molecule has 0 nitrogen and oxygen atoms in total. The van der Waals surface area contributed by atoms with Gasteiger partial charge in [0.05, 0.1) is 5.92 Å². The molecule has 12 heavy (non-hydrogen) atoms. The van der Waals surface area contributed by atoms with Crippen LogP contribution in [0.3, 0.4) is 0 Å². The molecule has 2 atom stereocenters. The van der Waals surface area contributed by atoms with E-state index in [9.17, 15) is 13.2 Å². The maximum absolute atomic E-state index is 12.3. The van der Waals surface area contributed by atoms with E-state index in [2.05, 4.69) is 0 Å². The molecule has 0 amide bonds. The smallest absolute Gasteiger partial charge is 0.171 e. The molecule has 72 valence electrons. The zero-order chi connectivity index (χ0) is 9.19. The fraction of sp³-hybridized carbons (Fsp3) is 1.00. The molecule has 0 aromatic heterocycles. The second-order valence-corrected chi connectivity index (χ2v) is 3.66. The first-order chi connectivity index (χ1) is 5.55. The van der Waals surface area contributed by atoms with Crippen molar-refractivity contribution >= 4 is 11.6 Å². The second-order valence-electron chi connectivity index (χ2n) is 3.35. The Bertz CT molecular complexity index is 144. The van der Waals surface area contributed by atoms with E-state index >= 15 is 0 Å². The van der Waals surface area contributed by atoms with Gasteiger partial charge < -0.3 is 0 Å². The summed E-state index contributed by atoms with van der Waals surface area (Å²) in [6.07, 6.45) is -1.56. The highest BCUT2D eigenvalue weighted by molar-refractivity contribution is 6.18. The van der Waals surface area contributed by atoms with Crippen LogP contribution in [0.4, 0.5) is 13.2 Å². The Morgan fingerprint density at radius 2 is 1.75 bits per heavy atom. The van der Waals surface area contributed by atoms with Gasteiger partial charge in [0.25, 0.3) is 0 Å². The van der Waals surface area contributed by atoms with Crippen molar-refractivity contribution in [2.75, 3.05) is 5.88 Å². The average Bonchev–Trinajstić information content (AvgIpc) is 2.03. The third kappa shape index (κ3) is 2.28. The van der Waals surface area contributed by atoms with E-state index in [4.69, 9.17) is 11.6 Å². The summed E-state index contributed by atoms with van der Waals surface area (Å²) in [7, 11) is 0. The molecular weight excluding hydrogens is 189 g/mol. The Balaban J connectivity index is 2.59. The zero-order valence-electron chi connectivity index (χ0n) is 6.70. The lowest BCUT2D eigenvalue weighted by molar-refractivity contribution is -0.193. The number of hydrogen-bond acceptors (Lipinski definition) is 0. The van der Waals surface area contributed by atoms with Crippen LogP contribution in [0.1, 0.15) is 25.7 Å². The first-order valence-corrected chi connectivity index (χ1v) is 4.72. The highest BCUT2D eigenvalue weighted by Crippen LogP contribution is 2.41. The van der Waals surface area contributed by atoms with Crippen molar-refractivity contribution in [3.05, 3.63) is 0 Å². The maximum atomic E-state index is 12.3. The molecule has 1 aliphatic carbocycles. The summed E-state index contributed by atoms with van der Waals surface area (Å²) in [5.74, 6) is -1.35. The van der Waals surface area contributed by atoms with Crippen molar-refractivity contribution in [1.29, 1.82) is 0 Å². The molecule has 1 rings (SSSR count). The number of alkyl halides is 4. The van der Waals surface area contributed by atoms with Gasteiger partial charge in [-0.15, -0.1) is 11.6 Å². The summed E-state index contributed by atoms with van der Waals surface area (Å²) in [5, 5.41) is 0. The molecule has 1 fully saturated rings. The quantitative estimate of drug-likeness (QED) is 0.568. The van der Waals surface area contributed by atoms with Crippen LogP contribution in [0.5, 0.6) is 0 Å². The molecule has 0 bridgehead atoms. The van der Waals surface area contributed by atoms with Gasteiger partial charge in [0, 0.05) is 5.88 Å². The molecule has 0 N–H and O–H groups in total. The van der Waals surface area contributed by atoms with Gasteiger partial charge in [-0.1, -0.05) is 12.8 Å². The molecule has 0 aromatic carbocycles. The summed E-state index contributed by atoms with van der Waals surface area (Å²) < 4.78 is 37.0. The zero-order valence-corrected chi connectivity index (χ0v) is 7.46. The van der Waals surface area contributed by atoms with E-state index in [0.29, 0.717) is 12.8 Å². The van der Waals surface area contributed by atoms with Crippen LogP contribution in [0.2, 0.25) is 0 Å². The van der Waals surface area contributed by atoms with Crippen molar-refractivity contribution in [1.82, 2.24) is 0 Å². The minimum absolute atomic E-state index is 0.143. The molecule has 0 heterocycles. The van der Waals surface area contributed by atoms with Gasteiger partial charge in [0.2, 0.25) is 0 Å². The minimum atomic E-state index is -4.04. The van der Waals surface area contributed by atoms with Crippen LogP contribution < -0.4 is 0 Å². The standard InChI is InChI=1S/C8H12ClF3/c9-5-6-3-1-2-4-7(6)8(10,11)12/h6-7H,1-5H2. The van der Waals surface area contributed by atoms with Gasteiger partial charge in [-0.05, 0) is 18.8 Å². The molecule has 0 aromatic rings. The molecule has 0 aliphatic heterocycles. The summed E-state index contributed by atoms with van der Waals surface area (Å²) in [6.45, 7) is 0. The van der Waals surface area contributed by atoms with E-state index in [1.165, 1.54) is 0 Å². The summed E-state index contributed by atoms with van der Waals surface area (Å²) in [4.78, 5) is 0. The average molecular weight is 201 g/mol. The third-order valence-electron chi connectivity index (χ3n) is 2.53.